The Morgan fingerprint density at radius 1 is 0.417 bits per heavy atom. The monoisotopic (exact) mass is 940 g/mol. The minimum atomic E-state index is -0.591. The van der Waals surface area contributed by atoms with E-state index in [-0.39, 0.29) is 0 Å². The summed E-state index contributed by atoms with van der Waals surface area (Å²) in [6.45, 7) is 12.7. The van der Waals surface area contributed by atoms with Gasteiger partial charge in [0.1, 0.15) is 0 Å². The number of hydrogen-bond donors (Lipinski definition) is 0. The zero-order chi connectivity index (χ0) is 48.8. The molecule has 0 saturated carbocycles. The molecule has 13 rings (SSSR count). The van der Waals surface area contributed by atoms with Crippen molar-refractivity contribution >= 4 is 76.0 Å². The second kappa shape index (κ2) is 18.5. The first-order valence-electron chi connectivity index (χ1n) is 24.9. The third kappa shape index (κ3) is 7.15. The van der Waals surface area contributed by atoms with Crippen LogP contribution in [0.5, 0.6) is 0 Å². The molecule has 0 fully saturated rings. The fraction of sp³-hybridized carbons (Fsp3) is 0.0435. The third-order valence-electron chi connectivity index (χ3n) is 14.4. The SMILES string of the molecule is C=CC1=C(C=C)C(c2ccccc2)(c2ccccc2)c2cc(N(c3ccccc3)c3ccc(-c4cccc(-c5ccc6c(c5)c5ccccc5n6-c5ccc6sc7ccccc7c6c5)c4)cc3)ccc21.CC. The predicted octanol–water partition coefficient (Wildman–Crippen LogP) is 19.5. The van der Waals surface area contributed by atoms with Gasteiger partial charge in [-0.1, -0.05) is 197 Å². The van der Waals surface area contributed by atoms with Gasteiger partial charge < -0.3 is 9.47 Å². The Hall–Kier alpha value is -8.76. The number of anilines is 3. The molecule has 344 valence electrons. The summed E-state index contributed by atoms with van der Waals surface area (Å²) in [7, 11) is 0. The van der Waals surface area contributed by atoms with Gasteiger partial charge in [-0.2, -0.15) is 0 Å². The number of para-hydroxylation sites is 2. The molecule has 0 aliphatic heterocycles. The van der Waals surface area contributed by atoms with Gasteiger partial charge in [-0.15, -0.1) is 11.3 Å². The van der Waals surface area contributed by atoms with E-state index in [0.717, 1.165) is 33.8 Å². The Labute approximate surface area is 426 Å². The molecule has 0 unspecified atom stereocenters. The van der Waals surface area contributed by atoms with Crippen LogP contribution in [0.1, 0.15) is 36.1 Å². The van der Waals surface area contributed by atoms with E-state index in [2.05, 4.69) is 265 Å². The highest BCUT2D eigenvalue weighted by atomic mass is 32.1. The van der Waals surface area contributed by atoms with Gasteiger partial charge in [-0.3, -0.25) is 0 Å². The van der Waals surface area contributed by atoms with E-state index in [1.54, 1.807) is 0 Å². The molecule has 0 atom stereocenters. The molecule has 72 heavy (non-hydrogen) atoms. The lowest BCUT2D eigenvalue weighted by Crippen LogP contribution is -2.29. The summed E-state index contributed by atoms with van der Waals surface area (Å²) < 4.78 is 5.06. The summed E-state index contributed by atoms with van der Waals surface area (Å²) in [6, 6.07) is 88.7. The largest absolute Gasteiger partial charge is 0.310 e. The second-order valence-electron chi connectivity index (χ2n) is 18.1. The fourth-order valence-electron chi connectivity index (χ4n) is 11.3. The average Bonchev–Trinajstić information content (AvgIpc) is 4.10. The molecule has 2 heterocycles. The Morgan fingerprint density at radius 2 is 0.986 bits per heavy atom. The zero-order valence-electron chi connectivity index (χ0n) is 40.5. The van der Waals surface area contributed by atoms with Gasteiger partial charge >= 0.3 is 0 Å². The van der Waals surface area contributed by atoms with Gasteiger partial charge in [0.25, 0.3) is 0 Å². The first-order chi connectivity index (χ1) is 35.6. The number of benzene rings is 10. The van der Waals surface area contributed by atoms with Gasteiger partial charge in [0.15, 0.2) is 0 Å². The summed E-state index contributed by atoms with van der Waals surface area (Å²) in [5.74, 6) is 0. The highest BCUT2D eigenvalue weighted by molar-refractivity contribution is 7.25. The first-order valence-corrected chi connectivity index (χ1v) is 25.7. The van der Waals surface area contributed by atoms with Crippen molar-refractivity contribution in [1.29, 1.82) is 0 Å². The number of aromatic nitrogens is 1. The Morgan fingerprint density at radius 3 is 1.69 bits per heavy atom. The van der Waals surface area contributed by atoms with E-state index in [4.69, 9.17) is 0 Å². The van der Waals surface area contributed by atoms with E-state index in [9.17, 15) is 0 Å². The van der Waals surface area contributed by atoms with Crippen LogP contribution in [0.15, 0.2) is 274 Å². The van der Waals surface area contributed by atoms with Crippen LogP contribution in [0.4, 0.5) is 17.1 Å². The lowest BCUT2D eigenvalue weighted by molar-refractivity contribution is 0.762. The number of thiophene rings is 1. The molecule has 2 nitrogen and oxygen atoms in total. The number of fused-ring (bicyclic) bond motifs is 7. The van der Waals surface area contributed by atoms with Gasteiger partial charge in [0, 0.05) is 53.7 Å². The van der Waals surface area contributed by atoms with Crippen LogP contribution in [0, 0.1) is 0 Å². The molecule has 0 amide bonds. The van der Waals surface area contributed by atoms with Crippen molar-refractivity contribution < 1.29 is 0 Å². The molecule has 0 spiro atoms. The standard InChI is InChI=1S/C67H46N2S.C2H6/c1-3-55-56-38-36-54(44-62(56)67(61(55)4-2,49-21-8-5-9-22-49)50-23-10-6-11-24-50)68(51-25-12-7-13-26-51)52-34-31-45(32-35-52)46-19-18-20-47(41-46)48-33-39-64-59(42-48)57-27-14-16-29-63(57)69(64)53-37-40-66-60(43-53)58-28-15-17-30-65(58)70-66;1-2/h3-44H,1-2H2;1-2H3. The van der Waals surface area contributed by atoms with E-state index in [0.29, 0.717) is 0 Å². The Bertz CT molecular complexity index is 3990. The highest BCUT2D eigenvalue weighted by Crippen LogP contribution is 2.56. The van der Waals surface area contributed by atoms with Gasteiger partial charge in [0.2, 0.25) is 0 Å². The zero-order valence-corrected chi connectivity index (χ0v) is 41.3. The minimum absolute atomic E-state index is 0.591. The van der Waals surface area contributed by atoms with Crippen molar-refractivity contribution in [3.8, 4) is 27.9 Å². The number of rotatable bonds is 10. The lowest BCUT2D eigenvalue weighted by atomic mass is 9.67. The van der Waals surface area contributed by atoms with Crippen LogP contribution in [0.2, 0.25) is 0 Å². The van der Waals surface area contributed by atoms with Crippen LogP contribution in [0.3, 0.4) is 0 Å². The van der Waals surface area contributed by atoms with Crippen molar-refractivity contribution in [1.82, 2.24) is 4.57 Å². The van der Waals surface area contributed by atoms with Crippen LogP contribution in [-0.4, -0.2) is 4.57 Å². The molecular formula is C69H52N2S. The smallest absolute Gasteiger partial charge is 0.0714 e. The summed E-state index contributed by atoms with van der Waals surface area (Å²) >= 11 is 1.86. The molecule has 1 aliphatic rings. The van der Waals surface area contributed by atoms with Crippen molar-refractivity contribution in [2.24, 2.45) is 0 Å². The Kier molecular flexibility index (Phi) is 11.4. The van der Waals surface area contributed by atoms with E-state index >= 15 is 0 Å². The second-order valence-corrected chi connectivity index (χ2v) is 19.2. The van der Waals surface area contributed by atoms with Crippen LogP contribution in [0.25, 0.3) is 75.5 Å². The maximum Gasteiger partial charge on any atom is 0.0714 e. The molecule has 3 heteroatoms. The summed E-state index contributed by atoms with van der Waals surface area (Å²) in [5.41, 5.74) is 17.9. The molecule has 0 saturated heterocycles. The van der Waals surface area contributed by atoms with E-state index in [1.165, 1.54) is 86.6 Å². The van der Waals surface area contributed by atoms with Gasteiger partial charge in [-0.25, -0.2) is 0 Å². The highest BCUT2D eigenvalue weighted by Gasteiger charge is 2.46. The van der Waals surface area contributed by atoms with Crippen LogP contribution in [-0.2, 0) is 5.41 Å². The summed E-state index contributed by atoms with van der Waals surface area (Å²) in [4.78, 5) is 2.37. The summed E-state index contributed by atoms with van der Waals surface area (Å²) in [6.07, 6.45) is 4.03. The first kappa shape index (κ1) is 44.4. The van der Waals surface area contributed by atoms with Crippen LogP contribution >= 0.6 is 11.3 Å². The minimum Gasteiger partial charge on any atom is -0.310 e. The van der Waals surface area contributed by atoms with Gasteiger partial charge in [-0.05, 0) is 141 Å². The number of nitrogens with zero attached hydrogens (tertiary/aromatic N) is 2. The lowest BCUT2D eigenvalue weighted by Gasteiger charge is -2.35. The molecule has 1 aliphatic carbocycles. The molecule has 10 aromatic carbocycles. The predicted molar refractivity (Wildman–Crippen MR) is 311 cm³/mol. The van der Waals surface area contributed by atoms with E-state index in [1.807, 2.05) is 37.3 Å². The number of allylic oxidation sites excluding steroid dienone is 4. The quantitative estimate of drug-likeness (QED) is 0.133. The van der Waals surface area contributed by atoms with Crippen molar-refractivity contribution in [3.05, 3.63) is 296 Å². The maximum absolute atomic E-state index is 4.41. The van der Waals surface area contributed by atoms with Gasteiger partial charge in [0.05, 0.1) is 16.4 Å². The molecule has 12 aromatic rings. The molecular weight excluding hydrogens is 889 g/mol. The van der Waals surface area contributed by atoms with Crippen LogP contribution < -0.4 is 4.90 Å². The topological polar surface area (TPSA) is 8.17 Å². The third-order valence-corrected chi connectivity index (χ3v) is 15.6. The normalized spacial score (nSPS) is 12.8. The summed E-state index contributed by atoms with van der Waals surface area (Å²) in [5, 5.41) is 5.11. The maximum atomic E-state index is 4.41. The van der Waals surface area contributed by atoms with E-state index < -0.39 is 5.41 Å². The number of hydrogen-bond acceptors (Lipinski definition) is 2. The molecule has 0 radical (unpaired) electrons. The Balaban J connectivity index is 0.00000262. The van der Waals surface area contributed by atoms with Crippen molar-refractivity contribution in [3.63, 3.8) is 0 Å². The fourth-order valence-corrected chi connectivity index (χ4v) is 12.4. The molecule has 0 bridgehead atoms. The molecule has 0 N–H and O–H groups in total. The average molecular weight is 941 g/mol. The molecule has 2 aromatic heterocycles. The van der Waals surface area contributed by atoms with Crippen molar-refractivity contribution in [2.45, 2.75) is 19.3 Å². The van der Waals surface area contributed by atoms with Crippen molar-refractivity contribution in [2.75, 3.05) is 4.90 Å².